The Labute approximate surface area is 118 Å². The highest BCUT2D eigenvalue weighted by Gasteiger charge is 2.38. The Morgan fingerprint density at radius 3 is 2.95 bits per heavy atom. The van der Waals surface area contributed by atoms with Gasteiger partial charge in [0.15, 0.2) is 0 Å². The minimum Gasteiger partial charge on any atom is -0.464 e. The lowest BCUT2D eigenvalue weighted by Crippen LogP contribution is -2.28. The summed E-state index contributed by atoms with van der Waals surface area (Å²) < 4.78 is 12.1. The van der Waals surface area contributed by atoms with Crippen molar-refractivity contribution in [2.45, 2.75) is 51.2 Å². The van der Waals surface area contributed by atoms with Gasteiger partial charge >= 0.3 is 11.9 Å². The number of esters is 2. The molecule has 1 fully saturated rings. The third-order valence-electron chi connectivity index (χ3n) is 4.01. The number of aryl methyl sites for hydroxylation is 1. The normalized spacial score (nSPS) is 21.8. The SMILES string of the molecule is CCC1(CCCn2cccc2C(=O)OC)CCC(=O)O1. The van der Waals surface area contributed by atoms with Crippen molar-refractivity contribution in [3.05, 3.63) is 24.0 Å². The van der Waals surface area contributed by atoms with Crippen LogP contribution in [0.2, 0.25) is 0 Å². The number of carbonyl (C=O) groups excluding carboxylic acids is 2. The molecule has 1 aliphatic rings. The van der Waals surface area contributed by atoms with Gasteiger partial charge in [0.2, 0.25) is 0 Å². The van der Waals surface area contributed by atoms with E-state index in [9.17, 15) is 9.59 Å². The molecule has 5 heteroatoms. The third kappa shape index (κ3) is 3.03. The zero-order valence-corrected chi connectivity index (χ0v) is 12.1. The van der Waals surface area contributed by atoms with Gasteiger partial charge in [-0.2, -0.15) is 0 Å². The Morgan fingerprint density at radius 1 is 1.55 bits per heavy atom. The molecule has 2 rings (SSSR count). The Hall–Kier alpha value is -1.78. The molecule has 110 valence electrons. The van der Waals surface area contributed by atoms with E-state index in [2.05, 4.69) is 0 Å². The van der Waals surface area contributed by atoms with Crippen LogP contribution in [0.15, 0.2) is 18.3 Å². The summed E-state index contributed by atoms with van der Waals surface area (Å²) in [6, 6.07) is 3.58. The van der Waals surface area contributed by atoms with Crippen LogP contribution in [-0.4, -0.2) is 29.2 Å². The number of methoxy groups -OCH3 is 1. The number of carbonyl (C=O) groups is 2. The van der Waals surface area contributed by atoms with Gasteiger partial charge in [-0.25, -0.2) is 4.79 Å². The topological polar surface area (TPSA) is 57.5 Å². The first kappa shape index (κ1) is 14.6. The van der Waals surface area contributed by atoms with E-state index >= 15 is 0 Å². The summed E-state index contributed by atoms with van der Waals surface area (Å²) in [5, 5.41) is 0. The maximum atomic E-state index is 11.6. The van der Waals surface area contributed by atoms with Crippen molar-refractivity contribution in [2.24, 2.45) is 0 Å². The van der Waals surface area contributed by atoms with E-state index in [0.29, 0.717) is 12.1 Å². The standard InChI is InChI=1S/C15H21NO4/c1-3-15(9-7-13(17)20-15)8-5-11-16-10-4-6-12(16)14(18)19-2/h4,6,10H,3,5,7-9,11H2,1-2H3. The second-order valence-corrected chi connectivity index (χ2v) is 5.19. The van der Waals surface area contributed by atoms with Crippen LogP contribution >= 0.6 is 0 Å². The number of ether oxygens (including phenoxy) is 2. The number of rotatable bonds is 6. The van der Waals surface area contributed by atoms with Gasteiger partial charge in [0.1, 0.15) is 11.3 Å². The van der Waals surface area contributed by atoms with Gasteiger partial charge in [0, 0.05) is 19.2 Å². The maximum absolute atomic E-state index is 11.6. The van der Waals surface area contributed by atoms with Crippen molar-refractivity contribution < 1.29 is 19.1 Å². The van der Waals surface area contributed by atoms with Crippen molar-refractivity contribution in [1.29, 1.82) is 0 Å². The van der Waals surface area contributed by atoms with Gasteiger partial charge in [-0.05, 0) is 37.8 Å². The minimum absolute atomic E-state index is 0.0944. The zero-order valence-electron chi connectivity index (χ0n) is 12.1. The molecule has 0 spiro atoms. The smallest absolute Gasteiger partial charge is 0.354 e. The molecule has 20 heavy (non-hydrogen) atoms. The Kier molecular flexibility index (Phi) is 4.47. The molecular formula is C15H21NO4. The Bertz CT molecular complexity index is 494. The monoisotopic (exact) mass is 279 g/mol. The highest BCUT2D eigenvalue weighted by Crippen LogP contribution is 2.34. The molecule has 1 aromatic heterocycles. The van der Waals surface area contributed by atoms with E-state index in [1.165, 1.54) is 7.11 Å². The first-order valence-electron chi connectivity index (χ1n) is 7.05. The van der Waals surface area contributed by atoms with Crippen LogP contribution in [0.4, 0.5) is 0 Å². The van der Waals surface area contributed by atoms with Crippen LogP contribution in [0.25, 0.3) is 0 Å². The van der Waals surface area contributed by atoms with Crippen LogP contribution in [0.1, 0.15) is 49.5 Å². The second-order valence-electron chi connectivity index (χ2n) is 5.19. The van der Waals surface area contributed by atoms with E-state index in [-0.39, 0.29) is 17.5 Å². The highest BCUT2D eigenvalue weighted by atomic mass is 16.6. The molecule has 0 N–H and O–H groups in total. The minimum atomic E-state index is -0.326. The fraction of sp³-hybridized carbons (Fsp3) is 0.600. The Morgan fingerprint density at radius 2 is 2.35 bits per heavy atom. The van der Waals surface area contributed by atoms with E-state index in [1.807, 2.05) is 23.8 Å². The van der Waals surface area contributed by atoms with E-state index in [4.69, 9.17) is 9.47 Å². The summed E-state index contributed by atoms with van der Waals surface area (Å²) in [6.45, 7) is 2.77. The lowest BCUT2D eigenvalue weighted by atomic mass is 9.91. The number of aromatic nitrogens is 1. The van der Waals surface area contributed by atoms with Crippen molar-refractivity contribution >= 4 is 11.9 Å². The van der Waals surface area contributed by atoms with Gasteiger partial charge in [0.25, 0.3) is 0 Å². The lowest BCUT2D eigenvalue weighted by molar-refractivity contribution is -0.149. The average Bonchev–Trinajstić information content (AvgIpc) is 3.06. The molecule has 1 unspecified atom stereocenters. The molecule has 1 aromatic rings. The fourth-order valence-corrected chi connectivity index (χ4v) is 2.75. The second kappa shape index (κ2) is 6.11. The molecule has 0 bridgehead atoms. The van der Waals surface area contributed by atoms with E-state index in [1.54, 1.807) is 6.07 Å². The van der Waals surface area contributed by atoms with Crippen LogP contribution in [0.5, 0.6) is 0 Å². The van der Waals surface area contributed by atoms with Crippen LogP contribution < -0.4 is 0 Å². The zero-order chi connectivity index (χ0) is 14.6. The van der Waals surface area contributed by atoms with Gasteiger partial charge in [-0.1, -0.05) is 6.92 Å². The van der Waals surface area contributed by atoms with Crippen LogP contribution in [-0.2, 0) is 20.8 Å². The molecule has 1 saturated heterocycles. The largest absolute Gasteiger partial charge is 0.464 e. The lowest BCUT2D eigenvalue weighted by Gasteiger charge is -2.26. The average molecular weight is 279 g/mol. The summed E-state index contributed by atoms with van der Waals surface area (Å²) in [7, 11) is 1.38. The number of cyclic esters (lactones) is 1. The molecular weight excluding hydrogens is 258 g/mol. The van der Waals surface area contributed by atoms with E-state index < -0.39 is 0 Å². The van der Waals surface area contributed by atoms with E-state index in [0.717, 1.165) is 32.2 Å². The van der Waals surface area contributed by atoms with Crippen molar-refractivity contribution in [2.75, 3.05) is 7.11 Å². The molecule has 0 saturated carbocycles. The summed E-state index contributed by atoms with van der Waals surface area (Å²) in [5.41, 5.74) is 0.261. The first-order chi connectivity index (χ1) is 9.60. The van der Waals surface area contributed by atoms with Crippen molar-refractivity contribution in [1.82, 2.24) is 4.57 Å². The van der Waals surface area contributed by atoms with Crippen LogP contribution in [0.3, 0.4) is 0 Å². The van der Waals surface area contributed by atoms with Gasteiger partial charge in [-0.3, -0.25) is 4.79 Å². The Balaban J connectivity index is 1.91. The number of nitrogens with zero attached hydrogens (tertiary/aromatic N) is 1. The summed E-state index contributed by atoms with van der Waals surface area (Å²) in [6.07, 6.45) is 5.72. The highest BCUT2D eigenvalue weighted by molar-refractivity contribution is 5.87. The molecule has 1 aliphatic heterocycles. The molecule has 0 amide bonds. The molecule has 2 heterocycles. The third-order valence-corrected chi connectivity index (χ3v) is 4.01. The maximum Gasteiger partial charge on any atom is 0.354 e. The number of hydrogen-bond donors (Lipinski definition) is 0. The fourth-order valence-electron chi connectivity index (χ4n) is 2.75. The van der Waals surface area contributed by atoms with Crippen LogP contribution in [0, 0.1) is 0 Å². The molecule has 1 atom stereocenters. The summed E-state index contributed by atoms with van der Waals surface area (Å²) in [4.78, 5) is 22.9. The first-order valence-corrected chi connectivity index (χ1v) is 7.05. The van der Waals surface area contributed by atoms with Gasteiger partial charge < -0.3 is 14.0 Å². The van der Waals surface area contributed by atoms with Crippen molar-refractivity contribution in [3.63, 3.8) is 0 Å². The van der Waals surface area contributed by atoms with Crippen molar-refractivity contribution in [3.8, 4) is 0 Å². The molecule has 0 aromatic carbocycles. The summed E-state index contributed by atoms with van der Waals surface area (Å²) >= 11 is 0. The van der Waals surface area contributed by atoms with Gasteiger partial charge in [-0.15, -0.1) is 0 Å². The quantitative estimate of drug-likeness (QED) is 0.751. The molecule has 0 aliphatic carbocycles. The molecule has 5 nitrogen and oxygen atoms in total. The molecule has 0 radical (unpaired) electrons. The summed E-state index contributed by atoms with van der Waals surface area (Å²) in [5.74, 6) is -0.421. The predicted molar refractivity (Wildman–Crippen MR) is 73.4 cm³/mol. The number of hydrogen-bond acceptors (Lipinski definition) is 4. The predicted octanol–water partition coefficient (Wildman–Crippen LogP) is 2.54. The van der Waals surface area contributed by atoms with Gasteiger partial charge in [0.05, 0.1) is 7.11 Å².